The lowest BCUT2D eigenvalue weighted by Crippen LogP contribution is -1.99. The van der Waals surface area contributed by atoms with E-state index in [2.05, 4.69) is 75.1 Å². The first-order valence-corrected chi connectivity index (χ1v) is 5.39. The largest absolute Gasteiger partial charge is 0.139 e. The van der Waals surface area contributed by atoms with E-state index in [4.69, 9.17) is 0 Å². The van der Waals surface area contributed by atoms with Crippen LogP contribution in [-0.2, 0) is 0 Å². The molecule has 0 radical (unpaired) electrons. The highest BCUT2D eigenvalue weighted by Gasteiger charge is 1.88. The first-order valence-electron chi connectivity index (χ1n) is 5.39. The molecule has 0 heterocycles. The average molecular weight is 204 g/mol. The van der Waals surface area contributed by atoms with E-state index in [1.165, 1.54) is 11.0 Å². The number of rotatable bonds is 0. The number of aryl methyl sites for hydroxylation is 1. The minimum Gasteiger partial charge on any atom is -0.0889 e. The van der Waals surface area contributed by atoms with Gasteiger partial charge < -0.3 is 0 Å². The zero-order valence-corrected chi connectivity index (χ0v) is 9.62. The molecule has 0 aliphatic rings. The quantitative estimate of drug-likeness (QED) is 0.452. The van der Waals surface area contributed by atoms with E-state index in [1.807, 2.05) is 0 Å². The van der Waals surface area contributed by atoms with Crippen LogP contribution in [0.4, 0.5) is 0 Å². The van der Waals surface area contributed by atoms with E-state index in [1.54, 1.807) is 0 Å². The second kappa shape index (κ2) is 4.72. The second-order valence-corrected chi connectivity index (χ2v) is 3.98. The molecule has 0 aliphatic heterocycles. The molecule has 0 atom stereocenters. The second-order valence-electron chi connectivity index (χ2n) is 3.98. The van der Waals surface area contributed by atoms with Crippen molar-refractivity contribution in [2.24, 2.45) is 0 Å². The summed E-state index contributed by atoms with van der Waals surface area (Å²) in [5, 5.41) is 0. The number of hydrogen-bond acceptors (Lipinski definition) is 0. The van der Waals surface area contributed by atoms with Gasteiger partial charge in [-0.15, -0.1) is 0 Å². The molecule has 2 aromatic carbocycles. The van der Waals surface area contributed by atoms with Crippen molar-refractivity contribution in [2.45, 2.75) is 6.92 Å². The fraction of sp³-hybridized carbons (Fsp3) is 0.0667. The molecule has 0 saturated heterocycles. The van der Waals surface area contributed by atoms with Gasteiger partial charge in [-0.05, 0) is 31.2 Å². The minimum atomic E-state index is 1.06. The van der Waals surface area contributed by atoms with Gasteiger partial charge in [0.05, 0.1) is 0 Å². The van der Waals surface area contributed by atoms with Crippen LogP contribution >= 0.6 is 0 Å². The molecule has 2 rings (SSSR count). The molecule has 0 aromatic heterocycles. The van der Waals surface area contributed by atoms with Gasteiger partial charge >= 0.3 is 0 Å². The summed E-state index contributed by atoms with van der Waals surface area (Å²) in [5.74, 6) is 6.32. The van der Waals surface area contributed by atoms with Crippen molar-refractivity contribution in [1.82, 2.24) is 0 Å². The van der Waals surface area contributed by atoms with E-state index in [9.17, 15) is 0 Å². The van der Waals surface area contributed by atoms with Gasteiger partial charge in [-0.25, -0.2) is 0 Å². The van der Waals surface area contributed by atoms with Crippen LogP contribution < -0.4 is 5.46 Å². The fourth-order valence-corrected chi connectivity index (χ4v) is 1.42. The maximum Gasteiger partial charge on any atom is 0.139 e. The normalized spacial score (nSPS) is 9.31. The van der Waals surface area contributed by atoms with Crippen molar-refractivity contribution in [3.8, 4) is 11.8 Å². The van der Waals surface area contributed by atoms with Gasteiger partial charge in [0, 0.05) is 11.1 Å². The van der Waals surface area contributed by atoms with E-state index in [0.29, 0.717) is 0 Å². The SMILES string of the molecule is Bc1ccc(C#Cc2ccc(C)cc2)cc1. The van der Waals surface area contributed by atoms with E-state index in [-0.39, 0.29) is 0 Å². The predicted octanol–water partition coefficient (Wildman–Crippen LogP) is 1.65. The minimum absolute atomic E-state index is 1.06. The smallest absolute Gasteiger partial charge is 0.0889 e. The molecular weight excluding hydrogens is 191 g/mol. The summed E-state index contributed by atoms with van der Waals surface area (Å²) in [6, 6.07) is 16.5. The molecule has 0 amide bonds. The molecule has 76 valence electrons. The van der Waals surface area contributed by atoms with Gasteiger partial charge in [-0.3, -0.25) is 0 Å². The van der Waals surface area contributed by atoms with Crippen molar-refractivity contribution < 1.29 is 0 Å². The van der Waals surface area contributed by atoms with Gasteiger partial charge in [0.15, 0.2) is 0 Å². The van der Waals surface area contributed by atoms with Gasteiger partial charge in [-0.2, -0.15) is 0 Å². The Morgan fingerprint density at radius 2 is 1.19 bits per heavy atom. The Balaban J connectivity index is 2.21. The Morgan fingerprint density at radius 1 is 0.750 bits per heavy atom. The van der Waals surface area contributed by atoms with Crippen LogP contribution in [0.25, 0.3) is 0 Å². The summed E-state index contributed by atoms with van der Waals surface area (Å²) < 4.78 is 0. The molecular formula is C15H13B. The molecule has 16 heavy (non-hydrogen) atoms. The zero-order chi connectivity index (χ0) is 11.4. The van der Waals surface area contributed by atoms with Gasteiger partial charge in [0.25, 0.3) is 0 Å². The Hall–Kier alpha value is -1.94. The van der Waals surface area contributed by atoms with Crippen molar-refractivity contribution in [3.05, 3.63) is 65.2 Å². The summed E-state index contributed by atoms with van der Waals surface area (Å²) in [7, 11) is 2.08. The van der Waals surface area contributed by atoms with Gasteiger partial charge in [0.2, 0.25) is 0 Å². The van der Waals surface area contributed by atoms with Crippen LogP contribution in [0.15, 0.2) is 48.5 Å². The summed E-state index contributed by atoms with van der Waals surface area (Å²) in [6.07, 6.45) is 0. The fourth-order valence-electron chi connectivity index (χ4n) is 1.42. The zero-order valence-electron chi connectivity index (χ0n) is 9.62. The summed E-state index contributed by atoms with van der Waals surface area (Å²) >= 11 is 0. The molecule has 0 spiro atoms. The third-order valence-electron chi connectivity index (χ3n) is 2.45. The van der Waals surface area contributed by atoms with Crippen molar-refractivity contribution in [2.75, 3.05) is 0 Å². The van der Waals surface area contributed by atoms with Crippen LogP contribution in [-0.4, -0.2) is 7.85 Å². The maximum absolute atomic E-state index is 3.16. The van der Waals surface area contributed by atoms with Crippen LogP contribution in [0.5, 0.6) is 0 Å². The first-order chi connectivity index (χ1) is 7.74. The highest BCUT2D eigenvalue weighted by atomic mass is 13.9. The lowest BCUT2D eigenvalue weighted by Gasteiger charge is -1.93. The first kappa shape index (κ1) is 10.6. The number of hydrogen-bond donors (Lipinski definition) is 0. The molecule has 0 aliphatic carbocycles. The van der Waals surface area contributed by atoms with Crippen molar-refractivity contribution in [1.29, 1.82) is 0 Å². The highest BCUT2D eigenvalue weighted by Crippen LogP contribution is 2.02. The Labute approximate surface area is 97.7 Å². The lowest BCUT2D eigenvalue weighted by atomic mass is 9.95. The van der Waals surface area contributed by atoms with E-state index >= 15 is 0 Å². The van der Waals surface area contributed by atoms with Crippen molar-refractivity contribution in [3.63, 3.8) is 0 Å². The van der Waals surface area contributed by atoms with Crippen LogP contribution in [0.3, 0.4) is 0 Å². The standard InChI is InChI=1S/C15H13B/c1-12-2-4-13(5-3-12)6-7-14-8-10-15(16)11-9-14/h2-5,8-11H,16H2,1H3. The Kier molecular flexibility index (Phi) is 3.12. The molecule has 0 N–H and O–H groups in total. The highest BCUT2D eigenvalue weighted by molar-refractivity contribution is 6.32. The summed E-state index contributed by atoms with van der Waals surface area (Å²) in [6.45, 7) is 2.08. The third-order valence-corrected chi connectivity index (χ3v) is 2.45. The summed E-state index contributed by atoms with van der Waals surface area (Å²) in [4.78, 5) is 0. The van der Waals surface area contributed by atoms with Gasteiger partial charge in [-0.1, -0.05) is 47.1 Å². The van der Waals surface area contributed by atoms with Gasteiger partial charge in [0.1, 0.15) is 7.85 Å². The lowest BCUT2D eigenvalue weighted by molar-refractivity contribution is 1.46. The molecule has 0 bridgehead atoms. The van der Waals surface area contributed by atoms with E-state index < -0.39 is 0 Å². The molecule has 0 nitrogen and oxygen atoms in total. The Morgan fingerprint density at radius 3 is 1.69 bits per heavy atom. The molecule has 1 heteroatoms. The third kappa shape index (κ3) is 2.78. The predicted molar refractivity (Wildman–Crippen MR) is 71.8 cm³/mol. The van der Waals surface area contributed by atoms with Crippen LogP contribution in [0.1, 0.15) is 16.7 Å². The Bertz CT molecular complexity index is 475. The summed E-state index contributed by atoms with van der Waals surface area (Å²) in [5.41, 5.74) is 4.65. The molecule has 2 aromatic rings. The molecule has 0 fully saturated rings. The molecule has 0 saturated carbocycles. The maximum atomic E-state index is 3.16. The monoisotopic (exact) mass is 204 g/mol. The van der Waals surface area contributed by atoms with Crippen molar-refractivity contribution >= 4 is 13.3 Å². The van der Waals surface area contributed by atoms with Crippen LogP contribution in [0, 0.1) is 18.8 Å². The molecule has 0 unspecified atom stereocenters. The van der Waals surface area contributed by atoms with Crippen LogP contribution in [0.2, 0.25) is 0 Å². The average Bonchev–Trinajstić information content (AvgIpc) is 2.30. The topological polar surface area (TPSA) is 0 Å². The van der Waals surface area contributed by atoms with E-state index in [0.717, 1.165) is 11.1 Å². The number of benzene rings is 2.